The van der Waals surface area contributed by atoms with Crippen molar-refractivity contribution in [3.8, 4) is 0 Å². The molecule has 0 rings (SSSR count). The highest BCUT2D eigenvalue weighted by atomic mass is 16.4. The number of carboxylic acids is 1. The first-order chi connectivity index (χ1) is 11.2. The van der Waals surface area contributed by atoms with Crippen LogP contribution in [-0.4, -0.2) is 11.1 Å². The summed E-state index contributed by atoms with van der Waals surface area (Å²) >= 11 is 0. The van der Waals surface area contributed by atoms with Gasteiger partial charge in [-0.05, 0) is 32.1 Å². The maximum Gasteiger partial charge on any atom is 0.303 e. The lowest BCUT2D eigenvalue weighted by Crippen LogP contribution is -1.93. The van der Waals surface area contributed by atoms with E-state index in [9.17, 15) is 4.79 Å². The van der Waals surface area contributed by atoms with Gasteiger partial charge in [-0.15, -0.1) is 0 Å². The fourth-order valence-corrected chi connectivity index (χ4v) is 2.03. The van der Waals surface area contributed by atoms with Gasteiger partial charge in [-0.3, -0.25) is 4.79 Å². The molecule has 0 radical (unpaired) electrons. The summed E-state index contributed by atoms with van der Waals surface area (Å²) in [5.74, 6) is -0.708. The summed E-state index contributed by atoms with van der Waals surface area (Å²) in [6, 6.07) is 0. The fourth-order valence-electron chi connectivity index (χ4n) is 2.03. The van der Waals surface area contributed by atoms with E-state index in [4.69, 9.17) is 10.6 Å². The smallest absolute Gasteiger partial charge is 0.303 e. The fraction of sp³-hybridized carbons (Fsp3) is 0.833. The zero-order valence-electron chi connectivity index (χ0n) is 17.0. The zero-order chi connectivity index (χ0) is 18.5. The van der Waals surface area contributed by atoms with Crippen molar-refractivity contribution in [2.45, 2.75) is 96.7 Å². The number of rotatable bonds is 15. The van der Waals surface area contributed by atoms with Gasteiger partial charge in [-0.2, -0.15) is 0 Å². The topological polar surface area (TPSA) is 37.3 Å². The Kier molecular flexibility index (Phi) is 10.5. The number of aliphatic carboxylic acids is 1. The van der Waals surface area contributed by atoms with Crippen molar-refractivity contribution >= 4 is 5.97 Å². The van der Waals surface area contributed by atoms with Crippen LogP contribution in [0.3, 0.4) is 0 Å². The number of carbonyl (C=O) groups is 1. The van der Waals surface area contributed by atoms with E-state index in [1.54, 1.807) is 6.92 Å². The lowest BCUT2D eigenvalue weighted by Gasteiger charge is -2.00. The standard InChI is InChI=1S/C18H34O2/c1-2-3-4-5-6-7-8-9-10-11-12-13-14-15-16-17-18(19)20/h7-8H,2-6,9-17H2,1H3,(H,19,20)/b8-7+/i3D2,4D2. The minimum atomic E-state index is -1.77. The van der Waals surface area contributed by atoms with Crippen LogP contribution in [0, 0.1) is 0 Å². The van der Waals surface area contributed by atoms with Crippen molar-refractivity contribution in [1.29, 1.82) is 0 Å². The minimum Gasteiger partial charge on any atom is -0.481 e. The van der Waals surface area contributed by atoms with Gasteiger partial charge in [0.05, 0.1) is 0 Å². The molecule has 0 atom stereocenters. The molecular weight excluding hydrogens is 248 g/mol. The molecule has 0 saturated heterocycles. The lowest BCUT2D eigenvalue weighted by atomic mass is 10.1. The van der Waals surface area contributed by atoms with Crippen LogP contribution in [0.15, 0.2) is 12.2 Å². The molecule has 0 aromatic heterocycles. The average Bonchev–Trinajstić information content (AvgIpc) is 2.51. The highest BCUT2D eigenvalue weighted by Crippen LogP contribution is 2.10. The Morgan fingerprint density at radius 1 is 0.900 bits per heavy atom. The molecule has 2 heteroatoms. The van der Waals surface area contributed by atoms with Crippen LogP contribution >= 0.6 is 0 Å². The van der Waals surface area contributed by atoms with Crippen molar-refractivity contribution < 1.29 is 15.4 Å². The molecular formula is C18H34O2. The van der Waals surface area contributed by atoms with Gasteiger partial charge in [-0.1, -0.05) is 70.3 Å². The van der Waals surface area contributed by atoms with Gasteiger partial charge in [0.1, 0.15) is 0 Å². The molecule has 0 saturated carbocycles. The van der Waals surface area contributed by atoms with Gasteiger partial charge in [0.25, 0.3) is 0 Å². The van der Waals surface area contributed by atoms with Crippen molar-refractivity contribution in [3.05, 3.63) is 12.2 Å². The second kappa shape index (κ2) is 16.3. The van der Waals surface area contributed by atoms with Crippen molar-refractivity contribution in [2.75, 3.05) is 0 Å². The summed E-state index contributed by atoms with van der Waals surface area (Å²) in [5.41, 5.74) is 0. The van der Waals surface area contributed by atoms with Crippen molar-refractivity contribution in [1.82, 2.24) is 0 Å². The predicted octanol–water partition coefficient (Wildman–Crippen LogP) is 6.11. The number of unbranched alkanes of at least 4 members (excludes halogenated alkanes) is 7. The quantitative estimate of drug-likeness (QED) is 0.291. The van der Waals surface area contributed by atoms with E-state index >= 15 is 0 Å². The molecule has 0 aliphatic rings. The first-order valence-electron chi connectivity index (χ1n) is 10.1. The van der Waals surface area contributed by atoms with Gasteiger partial charge in [0, 0.05) is 11.9 Å². The maximum absolute atomic E-state index is 10.4. The molecule has 2 nitrogen and oxygen atoms in total. The summed E-state index contributed by atoms with van der Waals surface area (Å²) in [5, 5.41) is 8.53. The normalized spacial score (nSPS) is 15.7. The van der Waals surface area contributed by atoms with E-state index in [1.165, 1.54) is 12.8 Å². The van der Waals surface area contributed by atoms with E-state index in [1.807, 2.05) is 6.08 Å². The molecule has 0 amide bonds. The Balaban J connectivity index is 3.52. The van der Waals surface area contributed by atoms with Crippen LogP contribution in [0.25, 0.3) is 0 Å². The lowest BCUT2D eigenvalue weighted by molar-refractivity contribution is -0.137. The van der Waals surface area contributed by atoms with Crippen LogP contribution < -0.4 is 0 Å². The monoisotopic (exact) mass is 286 g/mol. The van der Waals surface area contributed by atoms with E-state index in [0.717, 1.165) is 38.5 Å². The van der Waals surface area contributed by atoms with Crippen LogP contribution in [0.5, 0.6) is 0 Å². The highest BCUT2D eigenvalue weighted by molar-refractivity contribution is 5.66. The second-order valence-electron chi connectivity index (χ2n) is 5.12. The number of hydrogen-bond acceptors (Lipinski definition) is 1. The molecule has 0 spiro atoms. The molecule has 0 heterocycles. The SMILES string of the molecule is [2H]C([2H])(CC)C([2H])([2H])CC/C=C/CCCCCCCCCC(=O)O. The second-order valence-corrected chi connectivity index (χ2v) is 5.12. The third kappa shape index (κ3) is 17.2. The Hall–Kier alpha value is -0.790. The molecule has 118 valence electrons. The van der Waals surface area contributed by atoms with Crippen LogP contribution in [-0.2, 0) is 4.79 Å². The summed E-state index contributed by atoms with van der Waals surface area (Å²) in [7, 11) is 0. The minimum absolute atomic E-state index is 0.194. The molecule has 20 heavy (non-hydrogen) atoms. The molecule has 0 unspecified atom stereocenters. The molecule has 0 aliphatic heterocycles. The third-order valence-electron chi connectivity index (χ3n) is 3.17. The maximum atomic E-state index is 10.4. The Morgan fingerprint density at radius 3 is 2.05 bits per heavy atom. The van der Waals surface area contributed by atoms with Gasteiger partial charge in [0.15, 0.2) is 0 Å². The summed E-state index contributed by atoms with van der Waals surface area (Å²) in [6.07, 6.45) is 10.3. The first-order valence-corrected chi connectivity index (χ1v) is 8.10. The molecule has 0 aromatic rings. The Morgan fingerprint density at radius 2 is 1.45 bits per heavy atom. The van der Waals surface area contributed by atoms with Gasteiger partial charge < -0.3 is 5.11 Å². The Labute approximate surface area is 131 Å². The number of carboxylic acid groups (broad SMARTS) is 1. The molecule has 1 N–H and O–H groups in total. The number of hydrogen-bond donors (Lipinski definition) is 1. The van der Waals surface area contributed by atoms with E-state index < -0.39 is 18.7 Å². The summed E-state index contributed by atoms with van der Waals surface area (Å²) < 4.78 is 31.0. The van der Waals surface area contributed by atoms with Crippen LogP contribution in [0.1, 0.15) is 102 Å². The molecule has 0 aliphatic carbocycles. The van der Waals surface area contributed by atoms with Crippen molar-refractivity contribution in [2.24, 2.45) is 0 Å². The molecule has 0 fully saturated rings. The molecule has 0 aromatic carbocycles. The van der Waals surface area contributed by atoms with Gasteiger partial charge >= 0.3 is 5.97 Å². The van der Waals surface area contributed by atoms with Gasteiger partial charge in [0.2, 0.25) is 0 Å². The van der Waals surface area contributed by atoms with Gasteiger partial charge in [-0.25, -0.2) is 0 Å². The predicted molar refractivity (Wildman–Crippen MR) is 87.1 cm³/mol. The number of allylic oxidation sites excluding steroid dienone is 2. The van der Waals surface area contributed by atoms with Crippen molar-refractivity contribution in [3.63, 3.8) is 0 Å². The highest BCUT2D eigenvalue weighted by Gasteiger charge is 1.96. The summed E-state index contributed by atoms with van der Waals surface area (Å²) in [6.45, 7) is 1.68. The Bertz CT molecular complexity index is 368. The molecule has 0 bridgehead atoms. The third-order valence-corrected chi connectivity index (χ3v) is 3.17. The largest absolute Gasteiger partial charge is 0.481 e. The van der Waals surface area contributed by atoms with E-state index in [-0.39, 0.29) is 19.3 Å². The first kappa shape index (κ1) is 12.9. The zero-order valence-corrected chi connectivity index (χ0v) is 13.0. The van der Waals surface area contributed by atoms with E-state index in [2.05, 4.69) is 6.08 Å². The average molecular weight is 286 g/mol. The van der Waals surface area contributed by atoms with Crippen LogP contribution in [0.2, 0.25) is 0 Å². The summed E-state index contributed by atoms with van der Waals surface area (Å²) in [4.78, 5) is 10.4. The van der Waals surface area contributed by atoms with E-state index in [0.29, 0.717) is 6.42 Å². The van der Waals surface area contributed by atoms with Crippen LogP contribution in [0.4, 0.5) is 0 Å².